The van der Waals surface area contributed by atoms with Crippen molar-refractivity contribution >= 4 is 21.8 Å². The van der Waals surface area contributed by atoms with Gasteiger partial charge in [-0.2, -0.15) is 0 Å². The first-order valence-corrected chi connectivity index (χ1v) is 14.5. The molecule has 1 fully saturated rings. The number of sulfonamides is 1. The predicted octanol–water partition coefficient (Wildman–Crippen LogP) is 4.76. The number of nitrogens with zero attached hydrogens (tertiary/aromatic N) is 1. The largest absolute Gasteiger partial charge is 0.573 e. The molecule has 1 saturated carbocycles. The number of nitrogens with one attached hydrogen (secondary N) is 1. The molecule has 1 aliphatic rings. The summed E-state index contributed by atoms with van der Waals surface area (Å²) in [6.45, 7) is 4.31. The summed E-state index contributed by atoms with van der Waals surface area (Å²) in [4.78, 5) is 28.0. The molecule has 2 amide bonds. The van der Waals surface area contributed by atoms with Gasteiger partial charge in [-0.3, -0.25) is 9.59 Å². The number of primary sulfonamides is 1. The van der Waals surface area contributed by atoms with Crippen LogP contribution in [-0.2, 0) is 32.7 Å². The van der Waals surface area contributed by atoms with Crippen LogP contribution in [0.2, 0.25) is 0 Å². The van der Waals surface area contributed by atoms with Crippen LogP contribution in [0.4, 0.5) is 13.2 Å². The number of nitrogens with two attached hydrogens (primary N) is 1. The SMILES string of the molecule is C=C1C[C@@H](C(=O)NCc2ccc(OC(F)(F)F)cc2)[C@H](C(=O)N(C)Cc2ccc(-c3ccccc3S(N)(=O)=O)cc2)C1. The van der Waals surface area contributed by atoms with Gasteiger partial charge in [0.15, 0.2) is 0 Å². The lowest BCUT2D eigenvalue weighted by molar-refractivity contribution is -0.274. The molecule has 0 radical (unpaired) electrons. The molecule has 0 heterocycles. The Balaban J connectivity index is 1.38. The van der Waals surface area contributed by atoms with E-state index < -0.39 is 28.2 Å². The van der Waals surface area contributed by atoms with E-state index in [0.29, 0.717) is 29.5 Å². The van der Waals surface area contributed by atoms with E-state index in [9.17, 15) is 31.2 Å². The van der Waals surface area contributed by atoms with Crippen molar-refractivity contribution in [3.8, 4) is 16.9 Å². The van der Waals surface area contributed by atoms with Crippen LogP contribution >= 0.6 is 0 Å². The molecule has 42 heavy (non-hydrogen) atoms. The molecule has 4 rings (SSSR count). The monoisotopic (exact) mass is 601 g/mol. The Hall–Kier alpha value is -4.16. The summed E-state index contributed by atoms with van der Waals surface area (Å²) in [6.07, 6.45) is -4.07. The maximum Gasteiger partial charge on any atom is 0.573 e. The van der Waals surface area contributed by atoms with Gasteiger partial charge in [0.25, 0.3) is 0 Å². The van der Waals surface area contributed by atoms with Gasteiger partial charge in [0.2, 0.25) is 21.8 Å². The number of ether oxygens (including phenoxy) is 1. The highest BCUT2D eigenvalue weighted by atomic mass is 32.2. The molecule has 3 aromatic rings. The smallest absolute Gasteiger partial charge is 0.406 e. The van der Waals surface area contributed by atoms with Crippen molar-refractivity contribution in [2.45, 2.75) is 37.2 Å². The average molecular weight is 602 g/mol. The highest BCUT2D eigenvalue weighted by Gasteiger charge is 2.40. The van der Waals surface area contributed by atoms with E-state index in [2.05, 4.69) is 16.6 Å². The molecule has 8 nitrogen and oxygen atoms in total. The zero-order valence-electron chi connectivity index (χ0n) is 22.7. The van der Waals surface area contributed by atoms with Crippen LogP contribution < -0.4 is 15.2 Å². The van der Waals surface area contributed by atoms with Crippen molar-refractivity contribution in [1.29, 1.82) is 0 Å². The molecule has 0 aliphatic heterocycles. The highest BCUT2D eigenvalue weighted by Crippen LogP contribution is 2.37. The quantitative estimate of drug-likeness (QED) is 0.343. The molecular formula is C30H30F3N3O5S. The Morgan fingerprint density at radius 3 is 2.19 bits per heavy atom. The third kappa shape index (κ3) is 7.77. The summed E-state index contributed by atoms with van der Waals surface area (Å²) in [5, 5.41) is 8.13. The number of allylic oxidation sites excluding steroid dienone is 1. The molecule has 0 saturated heterocycles. The standard InChI is InChI=1S/C30H30F3N3O5S/c1-19-15-25(28(37)35-17-20-9-13-23(14-10-20)41-30(31,32)33)26(16-19)29(38)36(2)18-21-7-11-22(12-8-21)24-5-3-4-6-27(24)42(34,39)40/h3-14,25-26H,1,15-18H2,2H3,(H,35,37)(H2,34,39,40)/t25-,26-/m1/s1. The molecular weight excluding hydrogens is 571 g/mol. The van der Waals surface area contributed by atoms with E-state index in [-0.39, 0.29) is 35.5 Å². The molecule has 0 aromatic heterocycles. The summed E-state index contributed by atoms with van der Waals surface area (Å²) in [6, 6.07) is 18.7. The van der Waals surface area contributed by atoms with Gasteiger partial charge < -0.3 is 15.0 Å². The molecule has 1 aliphatic carbocycles. The van der Waals surface area contributed by atoms with Crippen LogP contribution in [0.5, 0.6) is 5.75 Å². The lowest BCUT2D eigenvalue weighted by Crippen LogP contribution is -2.40. The molecule has 0 unspecified atom stereocenters. The van der Waals surface area contributed by atoms with Crippen molar-refractivity contribution in [1.82, 2.24) is 10.2 Å². The first-order valence-electron chi connectivity index (χ1n) is 13.0. The van der Waals surface area contributed by atoms with Gasteiger partial charge in [-0.1, -0.05) is 66.7 Å². The maximum atomic E-state index is 13.4. The minimum Gasteiger partial charge on any atom is -0.406 e. The molecule has 0 bridgehead atoms. The third-order valence-corrected chi connectivity index (χ3v) is 8.00. The van der Waals surface area contributed by atoms with Gasteiger partial charge in [-0.05, 0) is 47.7 Å². The van der Waals surface area contributed by atoms with Crippen LogP contribution in [0.15, 0.2) is 89.8 Å². The van der Waals surface area contributed by atoms with Gasteiger partial charge >= 0.3 is 6.36 Å². The van der Waals surface area contributed by atoms with E-state index in [4.69, 9.17) is 5.14 Å². The second-order valence-electron chi connectivity index (χ2n) is 10.2. The number of alkyl halides is 3. The highest BCUT2D eigenvalue weighted by molar-refractivity contribution is 7.89. The number of halogens is 3. The van der Waals surface area contributed by atoms with Crippen LogP contribution in [0.1, 0.15) is 24.0 Å². The van der Waals surface area contributed by atoms with E-state index in [1.165, 1.54) is 35.2 Å². The lowest BCUT2D eigenvalue weighted by atomic mass is 9.93. The Morgan fingerprint density at radius 2 is 1.57 bits per heavy atom. The number of rotatable bonds is 9. The van der Waals surface area contributed by atoms with Crippen molar-refractivity contribution in [3.05, 3.63) is 96.1 Å². The van der Waals surface area contributed by atoms with Crippen molar-refractivity contribution in [2.75, 3.05) is 7.05 Å². The van der Waals surface area contributed by atoms with Gasteiger partial charge in [-0.15, -0.1) is 13.2 Å². The fourth-order valence-corrected chi connectivity index (χ4v) is 5.79. The summed E-state index contributed by atoms with van der Waals surface area (Å²) >= 11 is 0. The summed E-state index contributed by atoms with van der Waals surface area (Å²) in [5.74, 6) is -2.15. The first kappa shape index (κ1) is 30.8. The van der Waals surface area contributed by atoms with E-state index in [0.717, 1.165) is 11.1 Å². The van der Waals surface area contributed by atoms with Crippen LogP contribution in [0, 0.1) is 11.8 Å². The fraction of sp³-hybridized carbons (Fsp3) is 0.267. The Labute approximate surface area is 242 Å². The van der Waals surface area contributed by atoms with E-state index in [1.54, 1.807) is 49.5 Å². The van der Waals surface area contributed by atoms with E-state index in [1.807, 2.05) is 0 Å². The summed E-state index contributed by atoms with van der Waals surface area (Å²) in [7, 11) is -2.27. The molecule has 2 atom stereocenters. The zero-order chi connectivity index (χ0) is 30.7. The molecule has 0 spiro atoms. The maximum absolute atomic E-state index is 13.4. The van der Waals surface area contributed by atoms with Gasteiger partial charge in [0, 0.05) is 25.7 Å². The minimum atomic E-state index is -4.79. The third-order valence-electron chi connectivity index (χ3n) is 7.04. The van der Waals surface area contributed by atoms with Crippen molar-refractivity contribution in [2.24, 2.45) is 17.0 Å². The first-order chi connectivity index (χ1) is 19.7. The van der Waals surface area contributed by atoms with E-state index >= 15 is 0 Å². The van der Waals surface area contributed by atoms with Gasteiger partial charge in [0.05, 0.1) is 16.7 Å². The Bertz CT molecular complexity index is 1570. The second-order valence-corrected chi connectivity index (χ2v) is 11.7. The normalized spacial score (nSPS) is 17.1. The number of hydrogen-bond acceptors (Lipinski definition) is 5. The molecule has 222 valence electrons. The van der Waals surface area contributed by atoms with Crippen molar-refractivity contribution < 1.29 is 35.9 Å². The predicted molar refractivity (Wildman–Crippen MR) is 150 cm³/mol. The topological polar surface area (TPSA) is 119 Å². The zero-order valence-corrected chi connectivity index (χ0v) is 23.5. The number of carbonyl (C=O) groups excluding carboxylic acids is 2. The molecule has 3 aromatic carbocycles. The summed E-state index contributed by atoms with van der Waals surface area (Å²) < 4.78 is 64.9. The van der Waals surface area contributed by atoms with Crippen molar-refractivity contribution in [3.63, 3.8) is 0 Å². The summed E-state index contributed by atoms with van der Waals surface area (Å²) in [5.41, 5.74) is 3.29. The van der Waals surface area contributed by atoms with Gasteiger partial charge in [0.1, 0.15) is 5.75 Å². The number of benzene rings is 3. The number of amides is 2. The lowest BCUT2D eigenvalue weighted by Gasteiger charge is -2.25. The second kappa shape index (κ2) is 12.4. The number of hydrogen-bond donors (Lipinski definition) is 2. The van der Waals surface area contributed by atoms with Crippen LogP contribution in [-0.4, -0.2) is 38.5 Å². The van der Waals surface area contributed by atoms with Crippen LogP contribution in [0.25, 0.3) is 11.1 Å². The molecule has 12 heteroatoms. The fourth-order valence-electron chi connectivity index (χ4n) is 5.03. The number of carbonyl (C=O) groups is 2. The minimum absolute atomic E-state index is 0.0170. The van der Waals surface area contributed by atoms with Gasteiger partial charge in [-0.25, -0.2) is 13.6 Å². The Morgan fingerprint density at radius 1 is 0.976 bits per heavy atom. The van der Waals surface area contributed by atoms with Crippen LogP contribution in [0.3, 0.4) is 0 Å². The Kier molecular flexibility index (Phi) is 9.07. The average Bonchev–Trinajstić information content (AvgIpc) is 3.32. The molecule has 3 N–H and O–H groups in total.